The van der Waals surface area contributed by atoms with Crippen LogP contribution in [-0.2, 0) is 9.59 Å². The van der Waals surface area contributed by atoms with Crippen molar-refractivity contribution in [3.05, 3.63) is 60.8 Å². The van der Waals surface area contributed by atoms with Crippen LogP contribution >= 0.6 is 0 Å². The fourth-order valence-corrected chi connectivity index (χ4v) is 4.14. The van der Waals surface area contributed by atoms with E-state index in [2.05, 4.69) is 10.3 Å². The van der Waals surface area contributed by atoms with Crippen LogP contribution < -0.4 is 9.64 Å². The Labute approximate surface area is 180 Å². The lowest BCUT2D eigenvalue weighted by atomic mass is 10.0. The number of aromatic nitrogens is 3. The number of ether oxygens (including phenoxy) is 1. The number of benzene rings is 2. The predicted octanol–water partition coefficient (Wildman–Crippen LogP) is 2.39. The number of carbonyl (C=O) groups is 2. The van der Waals surface area contributed by atoms with Gasteiger partial charge in [0.1, 0.15) is 11.4 Å². The zero-order chi connectivity index (χ0) is 21.4. The van der Waals surface area contributed by atoms with Gasteiger partial charge in [-0.25, -0.2) is 4.68 Å². The standard InChI is InChI=1S/C23H23N5O3/c1-31-20-9-7-18(8-10-20)27-12-17(11-22(27)29)23(30)26-13-19(14-26)28-15-21(24-25-28)16-5-3-2-4-6-16/h2-10,15,17,19H,11-14H2,1H3. The van der Waals surface area contributed by atoms with Gasteiger partial charge in [0.15, 0.2) is 0 Å². The maximum Gasteiger partial charge on any atom is 0.228 e. The average Bonchev–Trinajstić information content (AvgIpc) is 3.41. The van der Waals surface area contributed by atoms with Gasteiger partial charge in [-0.05, 0) is 24.3 Å². The minimum absolute atomic E-state index is 0.0237. The van der Waals surface area contributed by atoms with Crippen molar-refractivity contribution in [2.75, 3.05) is 31.6 Å². The summed E-state index contributed by atoms with van der Waals surface area (Å²) in [6.45, 7) is 1.58. The minimum atomic E-state index is -0.314. The molecule has 2 amide bonds. The molecule has 158 valence electrons. The molecule has 2 aliphatic heterocycles. The lowest BCUT2D eigenvalue weighted by molar-refractivity contribution is -0.141. The molecule has 2 saturated heterocycles. The van der Waals surface area contributed by atoms with Gasteiger partial charge in [-0.2, -0.15) is 0 Å². The van der Waals surface area contributed by atoms with Gasteiger partial charge in [0.25, 0.3) is 0 Å². The van der Waals surface area contributed by atoms with Crippen LogP contribution in [0.1, 0.15) is 12.5 Å². The Hall–Kier alpha value is -3.68. The van der Waals surface area contributed by atoms with Gasteiger partial charge in [-0.15, -0.1) is 5.10 Å². The molecule has 0 aliphatic carbocycles. The zero-order valence-corrected chi connectivity index (χ0v) is 17.2. The summed E-state index contributed by atoms with van der Waals surface area (Å²) in [5.74, 6) is 0.428. The summed E-state index contributed by atoms with van der Waals surface area (Å²) in [7, 11) is 1.60. The molecular formula is C23H23N5O3. The molecule has 2 aliphatic rings. The summed E-state index contributed by atoms with van der Waals surface area (Å²) < 4.78 is 7.00. The van der Waals surface area contributed by atoms with E-state index in [4.69, 9.17) is 4.74 Å². The van der Waals surface area contributed by atoms with E-state index in [1.165, 1.54) is 0 Å². The third-order valence-electron chi connectivity index (χ3n) is 5.99. The molecular weight excluding hydrogens is 394 g/mol. The fraction of sp³-hybridized carbons (Fsp3) is 0.304. The second-order valence-corrected chi connectivity index (χ2v) is 7.95. The Bertz CT molecular complexity index is 1090. The van der Waals surface area contributed by atoms with Gasteiger partial charge >= 0.3 is 0 Å². The first-order valence-electron chi connectivity index (χ1n) is 10.3. The van der Waals surface area contributed by atoms with E-state index in [1.54, 1.807) is 12.0 Å². The van der Waals surface area contributed by atoms with E-state index >= 15 is 0 Å². The van der Waals surface area contributed by atoms with Gasteiger partial charge in [0, 0.05) is 37.3 Å². The van der Waals surface area contributed by atoms with Crippen molar-refractivity contribution in [3.63, 3.8) is 0 Å². The number of rotatable bonds is 5. The SMILES string of the molecule is COc1ccc(N2CC(C(=O)N3CC(n4cc(-c5ccccc5)nn4)C3)CC2=O)cc1. The van der Waals surface area contributed by atoms with Crippen LogP contribution in [0.2, 0.25) is 0 Å². The largest absolute Gasteiger partial charge is 0.497 e. The Kier molecular flexibility index (Phi) is 4.89. The third-order valence-corrected chi connectivity index (χ3v) is 5.99. The molecule has 0 spiro atoms. The molecule has 3 heterocycles. The number of anilines is 1. The van der Waals surface area contributed by atoms with Gasteiger partial charge in [0.05, 0.1) is 25.3 Å². The molecule has 0 saturated carbocycles. The summed E-state index contributed by atoms with van der Waals surface area (Å²) in [5, 5.41) is 8.49. The summed E-state index contributed by atoms with van der Waals surface area (Å²) in [6.07, 6.45) is 2.17. The van der Waals surface area contributed by atoms with Crippen LogP contribution in [0.5, 0.6) is 5.75 Å². The normalized spacial score (nSPS) is 18.9. The van der Waals surface area contributed by atoms with E-state index in [1.807, 2.05) is 70.4 Å². The van der Waals surface area contributed by atoms with Crippen molar-refractivity contribution >= 4 is 17.5 Å². The molecule has 1 unspecified atom stereocenters. The van der Waals surface area contributed by atoms with Gasteiger partial charge < -0.3 is 14.5 Å². The predicted molar refractivity (Wildman–Crippen MR) is 115 cm³/mol. The molecule has 8 nitrogen and oxygen atoms in total. The molecule has 3 aromatic rings. The number of hydrogen-bond acceptors (Lipinski definition) is 5. The molecule has 5 rings (SSSR count). The second-order valence-electron chi connectivity index (χ2n) is 7.95. The molecule has 0 bridgehead atoms. The number of amides is 2. The van der Waals surface area contributed by atoms with Crippen LogP contribution in [0.15, 0.2) is 60.8 Å². The van der Waals surface area contributed by atoms with Gasteiger partial charge in [-0.3, -0.25) is 9.59 Å². The van der Waals surface area contributed by atoms with Crippen molar-refractivity contribution in [1.29, 1.82) is 0 Å². The van der Waals surface area contributed by atoms with Crippen LogP contribution in [0, 0.1) is 5.92 Å². The number of hydrogen-bond donors (Lipinski definition) is 0. The number of nitrogens with zero attached hydrogens (tertiary/aromatic N) is 5. The number of carbonyl (C=O) groups excluding carboxylic acids is 2. The van der Waals surface area contributed by atoms with Crippen molar-refractivity contribution < 1.29 is 14.3 Å². The van der Waals surface area contributed by atoms with Crippen molar-refractivity contribution in [1.82, 2.24) is 19.9 Å². The zero-order valence-electron chi connectivity index (χ0n) is 17.2. The summed E-state index contributed by atoms with van der Waals surface area (Å²) >= 11 is 0. The summed E-state index contributed by atoms with van der Waals surface area (Å²) in [4.78, 5) is 28.9. The van der Waals surface area contributed by atoms with Crippen molar-refractivity contribution in [3.8, 4) is 17.0 Å². The highest BCUT2D eigenvalue weighted by Gasteiger charge is 2.41. The van der Waals surface area contributed by atoms with E-state index in [-0.39, 0.29) is 30.2 Å². The van der Waals surface area contributed by atoms with E-state index < -0.39 is 0 Å². The first kappa shape index (κ1) is 19.3. The Morgan fingerprint density at radius 2 is 1.77 bits per heavy atom. The van der Waals surface area contributed by atoms with Crippen LogP contribution in [0.3, 0.4) is 0 Å². The van der Waals surface area contributed by atoms with Crippen LogP contribution in [-0.4, -0.2) is 58.5 Å². The van der Waals surface area contributed by atoms with E-state index in [0.717, 1.165) is 22.7 Å². The third kappa shape index (κ3) is 3.65. The van der Waals surface area contributed by atoms with E-state index in [0.29, 0.717) is 19.6 Å². The maximum atomic E-state index is 12.9. The lowest BCUT2D eigenvalue weighted by Gasteiger charge is -2.40. The molecule has 8 heteroatoms. The monoisotopic (exact) mass is 417 g/mol. The van der Waals surface area contributed by atoms with Crippen molar-refractivity contribution in [2.24, 2.45) is 5.92 Å². The Morgan fingerprint density at radius 1 is 1.03 bits per heavy atom. The van der Waals surface area contributed by atoms with Crippen molar-refractivity contribution in [2.45, 2.75) is 12.5 Å². The average molecular weight is 417 g/mol. The van der Waals surface area contributed by atoms with Gasteiger partial charge in [-0.1, -0.05) is 35.5 Å². The smallest absolute Gasteiger partial charge is 0.228 e. The maximum absolute atomic E-state index is 12.9. The first-order valence-corrected chi connectivity index (χ1v) is 10.3. The molecule has 0 N–H and O–H groups in total. The summed E-state index contributed by atoms with van der Waals surface area (Å²) in [6, 6.07) is 17.3. The molecule has 1 atom stereocenters. The van der Waals surface area contributed by atoms with Gasteiger partial charge in [0.2, 0.25) is 11.8 Å². The topological polar surface area (TPSA) is 80.6 Å². The van der Waals surface area contributed by atoms with E-state index in [9.17, 15) is 9.59 Å². The van der Waals surface area contributed by atoms with Crippen LogP contribution in [0.25, 0.3) is 11.3 Å². The number of likely N-dealkylation sites (tertiary alicyclic amines) is 1. The molecule has 1 aromatic heterocycles. The van der Waals surface area contributed by atoms with Crippen LogP contribution in [0.4, 0.5) is 5.69 Å². The second kappa shape index (κ2) is 7.86. The minimum Gasteiger partial charge on any atom is -0.497 e. The quantitative estimate of drug-likeness (QED) is 0.637. The number of methoxy groups -OCH3 is 1. The Morgan fingerprint density at radius 3 is 2.48 bits per heavy atom. The summed E-state index contributed by atoms with van der Waals surface area (Å²) in [5.41, 5.74) is 2.63. The molecule has 2 aromatic carbocycles. The lowest BCUT2D eigenvalue weighted by Crippen LogP contribution is -2.53. The Balaban J connectivity index is 1.19. The highest BCUT2D eigenvalue weighted by molar-refractivity contribution is 6.00. The molecule has 2 fully saturated rings. The molecule has 0 radical (unpaired) electrons. The fourth-order valence-electron chi connectivity index (χ4n) is 4.14. The highest BCUT2D eigenvalue weighted by atomic mass is 16.5. The first-order chi connectivity index (χ1) is 15.1. The highest BCUT2D eigenvalue weighted by Crippen LogP contribution is 2.31. The molecule has 31 heavy (non-hydrogen) atoms.